The van der Waals surface area contributed by atoms with Gasteiger partial charge in [-0.2, -0.15) is 0 Å². The van der Waals surface area contributed by atoms with Gasteiger partial charge in [0.05, 0.1) is 13.7 Å². The molecule has 1 aromatic carbocycles. The molecule has 1 saturated heterocycles. The van der Waals surface area contributed by atoms with Crippen LogP contribution >= 0.6 is 0 Å². The molecule has 0 radical (unpaired) electrons. The van der Waals surface area contributed by atoms with Gasteiger partial charge in [0, 0.05) is 30.7 Å². The van der Waals surface area contributed by atoms with Gasteiger partial charge >= 0.3 is 0 Å². The van der Waals surface area contributed by atoms with E-state index in [-0.39, 0.29) is 17.9 Å². The van der Waals surface area contributed by atoms with Crippen LogP contribution in [0.3, 0.4) is 0 Å². The number of carbonyl (C=O) groups excluding carboxylic acids is 1. The number of aliphatic hydroxyl groups excluding tert-OH is 1. The van der Waals surface area contributed by atoms with E-state index >= 15 is 0 Å². The first-order valence-corrected chi connectivity index (χ1v) is 6.80. The van der Waals surface area contributed by atoms with Crippen LogP contribution in [0.5, 0.6) is 5.75 Å². The van der Waals surface area contributed by atoms with Crippen LogP contribution in [0.15, 0.2) is 24.3 Å². The molecule has 110 valence electrons. The average molecular weight is 279 g/mol. The molecular formula is C15H21NO4. The summed E-state index contributed by atoms with van der Waals surface area (Å²) >= 11 is 0. The SMILES string of the molecule is COc1ccc(C(=O)NCC2(CO)CCOCC2)cc1. The van der Waals surface area contributed by atoms with Gasteiger partial charge < -0.3 is 19.9 Å². The number of carbonyl (C=O) groups is 1. The van der Waals surface area contributed by atoms with Gasteiger partial charge in [-0.3, -0.25) is 4.79 Å². The van der Waals surface area contributed by atoms with Crippen molar-refractivity contribution < 1.29 is 19.4 Å². The van der Waals surface area contributed by atoms with Crippen molar-refractivity contribution in [3.63, 3.8) is 0 Å². The van der Waals surface area contributed by atoms with Crippen molar-refractivity contribution in [1.82, 2.24) is 5.32 Å². The molecule has 1 aliphatic rings. The number of hydrogen-bond donors (Lipinski definition) is 2. The normalized spacial score (nSPS) is 17.5. The average Bonchev–Trinajstić information content (AvgIpc) is 2.53. The van der Waals surface area contributed by atoms with Crippen LogP contribution in [0.4, 0.5) is 0 Å². The number of methoxy groups -OCH3 is 1. The number of aliphatic hydroxyl groups is 1. The molecule has 0 saturated carbocycles. The Balaban J connectivity index is 1.93. The molecule has 1 aromatic rings. The van der Waals surface area contributed by atoms with Crippen molar-refractivity contribution >= 4 is 5.91 Å². The maximum atomic E-state index is 12.1. The van der Waals surface area contributed by atoms with Gasteiger partial charge in [-0.05, 0) is 37.1 Å². The zero-order chi connectivity index (χ0) is 14.4. The van der Waals surface area contributed by atoms with Crippen molar-refractivity contribution in [2.75, 3.05) is 33.5 Å². The van der Waals surface area contributed by atoms with Crippen LogP contribution < -0.4 is 10.1 Å². The van der Waals surface area contributed by atoms with Gasteiger partial charge in [-0.1, -0.05) is 0 Å². The fourth-order valence-corrected chi connectivity index (χ4v) is 2.31. The van der Waals surface area contributed by atoms with E-state index in [2.05, 4.69) is 5.32 Å². The lowest BCUT2D eigenvalue weighted by molar-refractivity contribution is -0.0146. The lowest BCUT2D eigenvalue weighted by Gasteiger charge is -2.35. The molecule has 0 aliphatic carbocycles. The Morgan fingerprint density at radius 2 is 2.00 bits per heavy atom. The monoisotopic (exact) mass is 279 g/mol. The Hall–Kier alpha value is -1.59. The van der Waals surface area contributed by atoms with Crippen LogP contribution in [0, 0.1) is 5.41 Å². The highest BCUT2D eigenvalue weighted by molar-refractivity contribution is 5.94. The van der Waals surface area contributed by atoms with E-state index < -0.39 is 0 Å². The summed E-state index contributed by atoms with van der Waals surface area (Å²) in [6, 6.07) is 6.96. The topological polar surface area (TPSA) is 67.8 Å². The minimum atomic E-state index is -0.250. The number of amides is 1. The quantitative estimate of drug-likeness (QED) is 0.850. The number of hydrogen-bond acceptors (Lipinski definition) is 4. The fraction of sp³-hybridized carbons (Fsp3) is 0.533. The minimum Gasteiger partial charge on any atom is -0.497 e. The first-order valence-electron chi connectivity index (χ1n) is 6.80. The zero-order valence-electron chi connectivity index (χ0n) is 11.7. The van der Waals surface area contributed by atoms with Gasteiger partial charge in [0.2, 0.25) is 0 Å². The summed E-state index contributed by atoms with van der Waals surface area (Å²) in [6.45, 7) is 1.81. The molecule has 0 aromatic heterocycles. The first kappa shape index (κ1) is 14.8. The fourth-order valence-electron chi connectivity index (χ4n) is 2.31. The smallest absolute Gasteiger partial charge is 0.251 e. The van der Waals surface area contributed by atoms with E-state index in [4.69, 9.17) is 9.47 Å². The third-order valence-electron chi connectivity index (χ3n) is 3.87. The number of benzene rings is 1. The summed E-state index contributed by atoms with van der Waals surface area (Å²) in [4.78, 5) is 12.1. The van der Waals surface area contributed by atoms with Crippen molar-refractivity contribution in [3.8, 4) is 5.75 Å². The summed E-state index contributed by atoms with van der Waals surface area (Å²) in [5.74, 6) is 0.588. The second-order valence-electron chi connectivity index (χ2n) is 5.18. The molecule has 2 rings (SSSR count). The number of rotatable bonds is 5. The molecule has 5 nitrogen and oxygen atoms in total. The molecule has 1 aliphatic heterocycles. The molecule has 0 spiro atoms. The van der Waals surface area contributed by atoms with E-state index in [9.17, 15) is 9.90 Å². The number of nitrogens with one attached hydrogen (secondary N) is 1. The standard InChI is InChI=1S/C15H21NO4/c1-19-13-4-2-12(3-5-13)14(18)16-10-15(11-17)6-8-20-9-7-15/h2-5,17H,6-11H2,1H3,(H,16,18). The molecule has 0 unspecified atom stereocenters. The molecule has 1 fully saturated rings. The van der Waals surface area contributed by atoms with Crippen LogP contribution in [0.1, 0.15) is 23.2 Å². The maximum Gasteiger partial charge on any atom is 0.251 e. The summed E-state index contributed by atoms with van der Waals surface area (Å²) < 4.78 is 10.4. The van der Waals surface area contributed by atoms with Crippen molar-refractivity contribution in [3.05, 3.63) is 29.8 Å². The molecule has 5 heteroatoms. The summed E-state index contributed by atoms with van der Waals surface area (Å²) in [5, 5.41) is 12.5. The van der Waals surface area contributed by atoms with Gasteiger partial charge in [-0.15, -0.1) is 0 Å². The summed E-state index contributed by atoms with van der Waals surface area (Å²) in [6.07, 6.45) is 1.54. The molecular weight excluding hydrogens is 258 g/mol. The molecule has 0 bridgehead atoms. The molecule has 20 heavy (non-hydrogen) atoms. The zero-order valence-corrected chi connectivity index (χ0v) is 11.7. The van der Waals surface area contributed by atoms with Crippen LogP contribution in [0.25, 0.3) is 0 Å². The highest BCUT2D eigenvalue weighted by Gasteiger charge is 2.32. The number of ether oxygens (including phenoxy) is 2. The van der Waals surface area contributed by atoms with Crippen LogP contribution in [-0.4, -0.2) is 44.5 Å². The van der Waals surface area contributed by atoms with E-state index in [1.807, 2.05) is 0 Å². The van der Waals surface area contributed by atoms with Crippen molar-refractivity contribution in [1.29, 1.82) is 0 Å². The van der Waals surface area contributed by atoms with Gasteiger partial charge in [0.25, 0.3) is 5.91 Å². The van der Waals surface area contributed by atoms with Crippen LogP contribution in [-0.2, 0) is 4.74 Å². The third-order valence-corrected chi connectivity index (χ3v) is 3.87. The maximum absolute atomic E-state index is 12.1. The Morgan fingerprint density at radius 3 is 2.55 bits per heavy atom. The van der Waals surface area contributed by atoms with Gasteiger partial charge in [0.15, 0.2) is 0 Å². The van der Waals surface area contributed by atoms with Gasteiger partial charge in [0.1, 0.15) is 5.75 Å². The van der Waals surface area contributed by atoms with Crippen LogP contribution in [0.2, 0.25) is 0 Å². The predicted molar refractivity (Wildman–Crippen MR) is 74.9 cm³/mol. The predicted octanol–water partition coefficient (Wildman–Crippen LogP) is 1.21. The Morgan fingerprint density at radius 1 is 1.35 bits per heavy atom. The minimum absolute atomic E-state index is 0.0687. The Labute approximate surface area is 118 Å². The summed E-state index contributed by atoms with van der Waals surface area (Å²) in [5.41, 5.74) is 0.339. The third kappa shape index (κ3) is 3.49. The summed E-state index contributed by atoms with van der Waals surface area (Å²) in [7, 11) is 1.59. The molecule has 1 amide bonds. The van der Waals surface area contributed by atoms with Crippen molar-refractivity contribution in [2.24, 2.45) is 5.41 Å². The van der Waals surface area contributed by atoms with E-state index in [1.54, 1.807) is 31.4 Å². The Kier molecular flexibility index (Phi) is 4.98. The molecule has 0 atom stereocenters. The van der Waals surface area contributed by atoms with E-state index in [0.29, 0.717) is 25.3 Å². The Bertz CT molecular complexity index is 438. The molecule has 1 heterocycles. The second kappa shape index (κ2) is 6.72. The highest BCUT2D eigenvalue weighted by atomic mass is 16.5. The molecule has 2 N–H and O–H groups in total. The van der Waals surface area contributed by atoms with E-state index in [1.165, 1.54) is 0 Å². The first-order chi connectivity index (χ1) is 9.69. The van der Waals surface area contributed by atoms with E-state index in [0.717, 1.165) is 18.6 Å². The largest absolute Gasteiger partial charge is 0.497 e. The lowest BCUT2D eigenvalue weighted by atomic mass is 9.81. The highest BCUT2D eigenvalue weighted by Crippen LogP contribution is 2.29. The van der Waals surface area contributed by atoms with Gasteiger partial charge in [-0.25, -0.2) is 0 Å². The lowest BCUT2D eigenvalue weighted by Crippen LogP contribution is -2.43. The second-order valence-corrected chi connectivity index (χ2v) is 5.18. The van der Waals surface area contributed by atoms with Crippen molar-refractivity contribution in [2.45, 2.75) is 12.8 Å².